The van der Waals surface area contributed by atoms with Crippen LogP contribution < -0.4 is 5.32 Å². The fourth-order valence-electron chi connectivity index (χ4n) is 2.73. The van der Waals surface area contributed by atoms with Crippen molar-refractivity contribution in [2.45, 2.75) is 31.4 Å². The molecule has 0 saturated carbocycles. The number of fused-ring (bicyclic) bond motifs is 1. The van der Waals surface area contributed by atoms with Crippen LogP contribution in [0.2, 0.25) is 0 Å². The van der Waals surface area contributed by atoms with E-state index in [2.05, 4.69) is 29.6 Å². The van der Waals surface area contributed by atoms with E-state index in [-0.39, 0.29) is 6.10 Å². The quantitative estimate of drug-likeness (QED) is 0.754. The SMILES string of the molecule is c1ccc2c(c1)CCOC2[C@H]1CCCN1. The van der Waals surface area contributed by atoms with E-state index in [4.69, 9.17) is 4.74 Å². The van der Waals surface area contributed by atoms with Crippen molar-refractivity contribution in [2.24, 2.45) is 0 Å². The average molecular weight is 203 g/mol. The average Bonchev–Trinajstić information content (AvgIpc) is 2.82. The number of benzene rings is 1. The number of rotatable bonds is 1. The van der Waals surface area contributed by atoms with E-state index in [0.717, 1.165) is 19.6 Å². The van der Waals surface area contributed by atoms with Crippen molar-refractivity contribution in [3.8, 4) is 0 Å². The third-order valence-electron chi connectivity index (χ3n) is 3.49. The topological polar surface area (TPSA) is 21.3 Å². The molecule has 0 radical (unpaired) electrons. The van der Waals surface area contributed by atoms with Gasteiger partial charge in [-0.25, -0.2) is 0 Å². The van der Waals surface area contributed by atoms with E-state index in [0.29, 0.717) is 6.04 Å². The van der Waals surface area contributed by atoms with Gasteiger partial charge in [-0.3, -0.25) is 0 Å². The van der Waals surface area contributed by atoms with Gasteiger partial charge in [-0.2, -0.15) is 0 Å². The molecule has 1 aromatic rings. The molecule has 1 fully saturated rings. The van der Waals surface area contributed by atoms with Gasteiger partial charge in [-0.05, 0) is 36.9 Å². The van der Waals surface area contributed by atoms with Crippen molar-refractivity contribution >= 4 is 0 Å². The van der Waals surface area contributed by atoms with Crippen LogP contribution in [0.5, 0.6) is 0 Å². The van der Waals surface area contributed by atoms with Gasteiger partial charge in [-0.15, -0.1) is 0 Å². The van der Waals surface area contributed by atoms with Gasteiger partial charge in [0, 0.05) is 6.04 Å². The van der Waals surface area contributed by atoms with Crippen LogP contribution in [0.15, 0.2) is 24.3 Å². The Morgan fingerprint density at radius 2 is 2.20 bits per heavy atom. The molecule has 15 heavy (non-hydrogen) atoms. The summed E-state index contributed by atoms with van der Waals surface area (Å²) in [6.07, 6.45) is 3.89. The Labute approximate surface area is 90.6 Å². The van der Waals surface area contributed by atoms with Crippen LogP contribution in [0.25, 0.3) is 0 Å². The molecule has 0 spiro atoms. The van der Waals surface area contributed by atoms with Crippen LogP contribution in [0, 0.1) is 0 Å². The first-order valence-corrected chi connectivity index (χ1v) is 5.88. The molecule has 1 N–H and O–H groups in total. The van der Waals surface area contributed by atoms with Crippen LogP contribution in [0.3, 0.4) is 0 Å². The standard InChI is InChI=1S/C13H17NO/c1-2-5-11-10(4-1)7-9-15-13(11)12-6-3-8-14-12/h1-2,4-5,12-14H,3,6-9H2/t12-,13?/m1/s1. The monoisotopic (exact) mass is 203 g/mol. The van der Waals surface area contributed by atoms with E-state index in [1.54, 1.807) is 0 Å². The number of hydrogen-bond donors (Lipinski definition) is 1. The third kappa shape index (κ3) is 1.68. The molecule has 0 amide bonds. The van der Waals surface area contributed by atoms with Gasteiger partial charge < -0.3 is 10.1 Å². The Morgan fingerprint density at radius 1 is 1.27 bits per heavy atom. The second-order valence-corrected chi connectivity index (χ2v) is 4.44. The maximum Gasteiger partial charge on any atom is 0.0980 e. The molecule has 2 atom stereocenters. The fraction of sp³-hybridized carbons (Fsp3) is 0.538. The van der Waals surface area contributed by atoms with Crippen molar-refractivity contribution < 1.29 is 4.74 Å². The second-order valence-electron chi connectivity index (χ2n) is 4.44. The molecule has 0 aromatic heterocycles. The zero-order chi connectivity index (χ0) is 10.1. The minimum Gasteiger partial charge on any atom is -0.372 e. The van der Waals surface area contributed by atoms with E-state index >= 15 is 0 Å². The molecule has 0 aliphatic carbocycles. The van der Waals surface area contributed by atoms with Gasteiger partial charge in [-0.1, -0.05) is 24.3 Å². The van der Waals surface area contributed by atoms with Crippen LogP contribution in [-0.4, -0.2) is 19.2 Å². The number of ether oxygens (including phenoxy) is 1. The first kappa shape index (κ1) is 9.37. The van der Waals surface area contributed by atoms with E-state index < -0.39 is 0 Å². The normalized spacial score (nSPS) is 30.1. The predicted molar refractivity (Wildman–Crippen MR) is 59.9 cm³/mol. The van der Waals surface area contributed by atoms with E-state index in [1.807, 2.05) is 0 Å². The largest absolute Gasteiger partial charge is 0.372 e. The van der Waals surface area contributed by atoms with E-state index in [1.165, 1.54) is 24.0 Å². The Kier molecular flexibility index (Phi) is 2.47. The van der Waals surface area contributed by atoms with Gasteiger partial charge in [0.2, 0.25) is 0 Å². The summed E-state index contributed by atoms with van der Waals surface area (Å²) in [5, 5.41) is 3.54. The molecule has 1 aromatic carbocycles. The molecule has 2 aliphatic rings. The molecule has 1 saturated heterocycles. The molecular weight excluding hydrogens is 186 g/mol. The summed E-state index contributed by atoms with van der Waals surface area (Å²) in [5.41, 5.74) is 2.88. The summed E-state index contributed by atoms with van der Waals surface area (Å²) in [5.74, 6) is 0. The Balaban J connectivity index is 1.91. The lowest BCUT2D eigenvalue weighted by molar-refractivity contribution is 0.0199. The summed E-state index contributed by atoms with van der Waals surface area (Å²) >= 11 is 0. The van der Waals surface area contributed by atoms with Crippen molar-refractivity contribution in [1.29, 1.82) is 0 Å². The molecule has 3 rings (SSSR count). The summed E-state index contributed by atoms with van der Waals surface area (Å²) in [6, 6.07) is 9.24. The molecular formula is C13H17NO. The minimum absolute atomic E-state index is 0.289. The van der Waals surface area contributed by atoms with Gasteiger partial charge in [0.05, 0.1) is 12.7 Å². The first-order valence-electron chi connectivity index (χ1n) is 5.88. The van der Waals surface area contributed by atoms with E-state index in [9.17, 15) is 0 Å². The van der Waals surface area contributed by atoms with Crippen LogP contribution in [0.1, 0.15) is 30.1 Å². The van der Waals surface area contributed by atoms with Crippen molar-refractivity contribution in [1.82, 2.24) is 5.32 Å². The lowest BCUT2D eigenvalue weighted by Crippen LogP contribution is -2.33. The van der Waals surface area contributed by atoms with Crippen LogP contribution >= 0.6 is 0 Å². The molecule has 2 nitrogen and oxygen atoms in total. The van der Waals surface area contributed by atoms with Crippen molar-refractivity contribution in [3.05, 3.63) is 35.4 Å². The highest BCUT2D eigenvalue weighted by molar-refractivity contribution is 5.32. The first-order chi connectivity index (χ1) is 7.45. The zero-order valence-corrected chi connectivity index (χ0v) is 8.91. The minimum atomic E-state index is 0.289. The van der Waals surface area contributed by atoms with Gasteiger partial charge in [0.1, 0.15) is 0 Å². The molecule has 2 aliphatic heterocycles. The highest BCUT2D eigenvalue weighted by atomic mass is 16.5. The summed E-state index contributed by atoms with van der Waals surface area (Å²) in [6.45, 7) is 2.02. The lowest BCUT2D eigenvalue weighted by Gasteiger charge is -2.30. The second kappa shape index (κ2) is 3.95. The predicted octanol–water partition coefficient (Wildman–Crippen LogP) is 2.05. The fourth-order valence-corrected chi connectivity index (χ4v) is 2.73. The summed E-state index contributed by atoms with van der Waals surface area (Å²) < 4.78 is 5.93. The zero-order valence-electron chi connectivity index (χ0n) is 8.91. The molecule has 2 heteroatoms. The smallest absolute Gasteiger partial charge is 0.0980 e. The van der Waals surface area contributed by atoms with Crippen molar-refractivity contribution in [2.75, 3.05) is 13.2 Å². The van der Waals surface area contributed by atoms with Gasteiger partial charge in [0.15, 0.2) is 0 Å². The lowest BCUT2D eigenvalue weighted by atomic mass is 9.93. The highest BCUT2D eigenvalue weighted by Crippen LogP contribution is 2.32. The Bertz CT molecular complexity index is 344. The van der Waals surface area contributed by atoms with Gasteiger partial charge >= 0.3 is 0 Å². The molecule has 2 heterocycles. The number of nitrogens with one attached hydrogen (secondary N) is 1. The molecule has 0 bridgehead atoms. The molecule has 1 unspecified atom stereocenters. The Morgan fingerprint density at radius 3 is 3.07 bits per heavy atom. The molecule has 80 valence electrons. The summed E-state index contributed by atoms with van der Waals surface area (Å²) in [7, 11) is 0. The van der Waals surface area contributed by atoms with Crippen LogP contribution in [0.4, 0.5) is 0 Å². The van der Waals surface area contributed by atoms with Crippen LogP contribution in [-0.2, 0) is 11.2 Å². The number of hydrogen-bond acceptors (Lipinski definition) is 2. The van der Waals surface area contributed by atoms with Gasteiger partial charge in [0.25, 0.3) is 0 Å². The van der Waals surface area contributed by atoms with Crippen molar-refractivity contribution in [3.63, 3.8) is 0 Å². The highest BCUT2D eigenvalue weighted by Gasteiger charge is 2.30. The summed E-state index contributed by atoms with van der Waals surface area (Å²) in [4.78, 5) is 0. The Hall–Kier alpha value is -0.860. The third-order valence-corrected chi connectivity index (χ3v) is 3.49. The maximum atomic E-state index is 5.93. The maximum absolute atomic E-state index is 5.93.